The monoisotopic (exact) mass is 255 g/mol. The van der Waals surface area contributed by atoms with Crippen LogP contribution in [-0.2, 0) is 11.2 Å². The normalized spacial score (nSPS) is 10.1. The predicted molar refractivity (Wildman–Crippen MR) is 69.7 cm³/mol. The molecule has 0 aliphatic rings. The first-order valence-corrected chi connectivity index (χ1v) is 6.06. The number of aryl methyl sites for hydroxylation is 1. The van der Waals surface area contributed by atoms with Gasteiger partial charge in [-0.2, -0.15) is 0 Å². The van der Waals surface area contributed by atoms with Crippen LogP contribution in [0.3, 0.4) is 0 Å². The van der Waals surface area contributed by atoms with Crippen LogP contribution in [0.15, 0.2) is 12.1 Å². The molecule has 0 unspecified atom stereocenters. The van der Waals surface area contributed by atoms with Gasteiger partial charge >= 0.3 is 0 Å². The van der Waals surface area contributed by atoms with E-state index in [9.17, 15) is 4.79 Å². The van der Waals surface area contributed by atoms with E-state index in [1.54, 1.807) is 13.2 Å². The number of amides is 1. The second-order valence-electron chi connectivity index (χ2n) is 3.94. The first kappa shape index (κ1) is 13.8. The van der Waals surface area contributed by atoms with Crippen LogP contribution in [0.2, 0.25) is 5.02 Å². The van der Waals surface area contributed by atoms with Crippen LogP contribution in [-0.4, -0.2) is 19.6 Å². The zero-order chi connectivity index (χ0) is 12.8. The molecule has 0 spiro atoms. The first-order chi connectivity index (χ1) is 8.08. The van der Waals surface area contributed by atoms with E-state index in [2.05, 4.69) is 5.32 Å². The summed E-state index contributed by atoms with van der Waals surface area (Å²) in [5.74, 6) is 0.665. The molecule has 1 rings (SSSR count). The Labute approximate surface area is 107 Å². The standard InChI is InChI=1S/C13H18ClNO2/c1-4-5-15-13(16)8-10-7-11(14)12(17-3)6-9(10)2/h6-7H,4-5,8H2,1-3H3,(H,15,16). The van der Waals surface area contributed by atoms with E-state index in [1.807, 2.05) is 19.9 Å². The van der Waals surface area contributed by atoms with Crippen LogP contribution < -0.4 is 10.1 Å². The average molecular weight is 256 g/mol. The lowest BCUT2D eigenvalue weighted by molar-refractivity contribution is -0.120. The molecule has 0 saturated carbocycles. The number of nitrogens with one attached hydrogen (secondary N) is 1. The lowest BCUT2D eigenvalue weighted by Crippen LogP contribution is -2.25. The summed E-state index contributed by atoms with van der Waals surface area (Å²) in [4.78, 5) is 11.6. The molecule has 1 amide bonds. The second-order valence-corrected chi connectivity index (χ2v) is 4.35. The fourth-order valence-corrected chi connectivity index (χ4v) is 1.81. The molecule has 0 fully saturated rings. The minimum atomic E-state index is 0.0242. The maximum atomic E-state index is 11.6. The Kier molecular flexibility index (Phi) is 5.29. The highest BCUT2D eigenvalue weighted by atomic mass is 35.5. The van der Waals surface area contributed by atoms with Crippen molar-refractivity contribution in [3.05, 3.63) is 28.3 Å². The Bertz CT molecular complexity index is 405. The van der Waals surface area contributed by atoms with Crippen molar-refractivity contribution in [1.29, 1.82) is 0 Å². The molecule has 3 nitrogen and oxygen atoms in total. The van der Waals surface area contributed by atoms with Crippen LogP contribution in [0.1, 0.15) is 24.5 Å². The molecule has 0 radical (unpaired) electrons. The number of carbonyl (C=O) groups excluding carboxylic acids is 1. The molecular weight excluding hydrogens is 238 g/mol. The molecule has 0 aliphatic carbocycles. The van der Waals surface area contributed by atoms with Gasteiger partial charge in [0.1, 0.15) is 5.75 Å². The molecule has 0 heterocycles. The summed E-state index contributed by atoms with van der Waals surface area (Å²) in [6.45, 7) is 4.68. The predicted octanol–water partition coefficient (Wildman–Crippen LogP) is 2.73. The zero-order valence-electron chi connectivity index (χ0n) is 10.5. The molecule has 1 aromatic carbocycles. The quantitative estimate of drug-likeness (QED) is 0.879. The summed E-state index contributed by atoms with van der Waals surface area (Å²) in [6.07, 6.45) is 1.30. The van der Waals surface area contributed by atoms with Gasteiger partial charge in [-0.25, -0.2) is 0 Å². The summed E-state index contributed by atoms with van der Waals surface area (Å²) in [5.41, 5.74) is 1.95. The van der Waals surface area contributed by atoms with Gasteiger partial charge in [-0.1, -0.05) is 18.5 Å². The third-order valence-electron chi connectivity index (χ3n) is 2.53. The Morgan fingerprint density at radius 3 is 2.76 bits per heavy atom. The van der Waals surface area contributed by atoms with Crippen molar-refractivity contribution in [3.8, 4) is 5.75 Å². The topological polar surface area (TPSA) is 38.3 Å². The van der Waals surface area contributed by atoms with Crippen molar-refractivity contribution in [2.45, 2.75) is 26.7 Å². The maximum absolute atomic E-state index is 11.6. The summed E-state index contributed by atoms with van der Waals surface area (Å²) in [7, 11) is 1.58. The van der Waals surface area contributed by atoms with E-state index < -0.39 is 0 Å². The number of hydrogen-bond acceptors (Lipinski definition) is 2. The summed E-state index contributed by atoms with van der Waals surface area (Å²) in [6, 6.07) is 3.64. The molecular formula is C13H18ClNO2. The van der Waals surface area contributed by atoms with Crippen LogP contribution >= 0.6 is 11.6 Å². The van der Waals surface area contributed by atoms with Gasteiger partial charge in [0.15, 0.2) is 0 Å². The Hall–Kier alpha value is -1.22. The van der Waals surface area contributed by atoms with Crippen molar-refractivity contribution in [3.63, 3.8) is 0 Å². The van der Waals surface area contributed by atoms with Crippen LogP contribution in [0, 0.1) is 6.92 Å². The number of carbonyl (C=O) groups is 1. The first-order valence-electron chi connectivity index (χ1n) is 5.68. The molecule has 0 aliphatic heterocycles. The summed E-state index contributed by atoms with van der Waals surface area (Å²) >= 11 is 6.03. The lowest BCUT2D eigenvalue weighted by atomic mass is 10.0. The number of halogens is 1. The third kappa shape index (κ3) is 3.93. The minimum absolute atomic E-state index is 0.0242. The fraction of sp³-hybridized carbons (Fsp3) is 0.462. The van der Waals surface area contributed by atoms with Gasteiger partial charge in [0, 0.05) is 6.54 Å². The third-order valence-corrected chi connectivity index (χ3v) is 2.83. The van der Waals surface area contributed by atoms with Gasteiger partial charge in [-0.3, -0.25) is 4.79 Å². The average Bonchev–Trinajstić information content (AvgIpc) is 2.30. The highest BCUT2D eigenvalue weighted by molar-refractivity contribution is 6.32. The second kappa shape index (κ2) is 6.50. The van der Waals surface area contributed by atoms with Gasteiger partial charge in [0.05, 0.1) is 18.6 Å². The van der Waals surface area contributed by atoms with Gasteiger partial charge in [0.25, 0.3) is 0 Å². The van der Waals surface area contributed by atoms with Crippen molar-refractivity contribution in [2.75, 3.05) is 13.7 Å². The number of rotatable bonds is 5. The minimum Gasteiger partial charge on any atom is -0.495 e. The van der Waals surface area contributed by atoms with Crippen LogP contribution in [0.5, 0.6) is 5.75 Å². The SMILES string of the molecule is CCCNC(=O)Cc1cc(Cl)c(OC)cc1C. The highest BCUT2D eigenvalue weighted by Crippen LogP contribution is 2.27. The van der Waals surface area contributed by atoms with Crippen molar-refractivity contribution in [1.82, 2.24) is 5.32 Å². The Morgan fingerprint density at radius 2 is 2.18 bits per heavy atom. The summed E-state index contributed by atoms with van der Waals surface area (Å²) in [5, 5.41) is 3.38. The molecule has 1 N–H and O–H groups in total. The van der Waals surface area contributed by atoms with E-state index in [0.29, 0.717) is 23.7 Å². The number of methoxy groups -OCH3 is 1. The number of hydrogen-bond donors (Lipinski definition) is 1. The lowest BCUT2D eigenvalue weighted by Gasteiger charge is -2.10. The van der Waals surface area contributed by atoms with Crippen molar-refractivity contribution in [2.24, 2.45) is 0 Å². The smallest absolute Gasteiger partial charge is 0.224 e. The van der Waals surface area contributed by atoms with Gasteiger partial charge in [0.2, 0.25) is 5.91 Å². The van der Waals surface area contributed by atoms with Gasteiger partial charge < -0.3 is 10.1 Å². The molecule has 0 atom stereocenters. The molecule has 0 bridgehead atoms. The number of ether oxygens (including phenoxy) is 1. The van der Waals surface area contributed by atoms with E-state index in [0.717, 1.165) is 17.5 Å². The molecule has 1 aromatic rings. The fourth-order valence-electron chi connectivity index (χ4n) is 1.54. The van der Waals surface area contributed by atoms with E-state index in [-0.39, 0.29) is 5.91 Å². The van der Waals surface area contributed by atoms with E-state index in [1.165, 1.54) is 0 Å². The highest BCUT2D eigenvalue weighted by Gasteiger charge is 2.09. The van der Waals surface area contributed by atoms with Gasteiger partial charge in [-0.15, -0.1) is 0 Å². The zero-order valence-corrected chi connectivity index (χ0v) is 11.2. The number of benzene rings is 1. The molecule has 0 aromatic heterocycles. The van der Waals surface area contributed by atoms with Gasteiger partial charge in [-0.05, 0) is 36.6 Å². The molecule has 17 heavy (non-hydrogen) atoms. The maximum Gasteiger partial charge on any atom is 0.224 e. The van der Waals surface area contributed by atoms with E-state index in [4.69, 9.17) is 16.3 Å². The molecule has 4 heteroatoms. The Morgan fingerprint density at radius 1 is 1.47 bits per heavy atom. The molecule has 94 valence electrons. The Balaban J connectivity index is 2.78. The van der Waals surface area contributed by atoms with E-state index >= 15 is 0 Å². The summed E-state index contributed by atoms with van der Waals surface area (Å²) < 4.78 is 5.12. The van der Waals surface area contributed by atoms with Crippen LogP contribution in [0.25, 0.3) is 0 Å². The van der Waals surface area contributed by atoms with Crippen molar-refractivity contribution < 1.29 is 9.53 Å². The van der Waals surface area contributed by atoms with Crippen molar-refractivity contribution >= 4 is 17.5 Å². The van der Waals surface area contributed by atoms with Crippen LogP contribution in [0.4, 0.5) is 0 Å². The molecule has 0 saturated heterocycles. The largest absolute Gasteiger partial charge is 0.495 e.